The molecule has 23 heavy (non-hydrogen) atoms. The number of hydrogen-bond acceptors (Lipinski definition) is 4. The zero-order chi connectivity index (χ0) is 15.8. The van der Waals surface area contributed by atoms with Gasteiger partial charge in [0.15, 0.2) is 5.82 Å². The maximum Gasteiger partial charge on any atom is 0.151 e. The van der Waals surface area contributed by atoms with Gasteiger partial charge in [0.2, 0.25) is 0 Å². The molecule has 3 heterocycles. The van der Waals surface area contributed by atoms with E-state index in [1.54, 1.807) is 28.7 Å². The number of rotatable bonds is 3. The number of hydrazone groups is 1. The summed E-state index contributed by atoms with van der Waals surface area (Å²) < 4.78 is 32.9. The third-order valence-corrected chi connectivity index (χ3v) is 4.66. The second-order valence-electron chi connectivity index (χ2n) is 5.20. The maximum atomic E-state index is 14.2. The monoisotopic (exact) mass is 330 g/mol. The number of nitrogens with zero attached hydrogens (tertiary/aromatic N) is 2. The van der Waals surface area contributed by atoms with Crippen LogP contribution in [0.25, 0.3) is 0 Å². The first-order valence-electron chi connectivity index (χ1n) is 7.11. The molecular weight excluding hydrogens is 318 g/mol. The van der Waals surface area contributed by atoms with Gasteiger partial charge in [-0.25, -0.2) is 8.78 Å². The molecule has 0 aliphatic carbocycles. The van der Waals surface area contributed by atoms with Crippen LogP contribution in [0.5, 0.6) is 0 Å². The van der Waals surface area contributed by atoms with E-state index in [0.29, 0.717) is 12.2 Å². The Morgan fingerprint density at radius 2 is 2.09 bits per heavy atom. The van der Waals surface area contributed by atoms with Crippen LogP contribution in [-0.4, -0.2) is 5.71 Å². The van der Waals surface area contributed by atoms with Crippen LogP contribution in [0.1, 0.15) is 23.1 Å². The molecule has 0 amide bonds. The van der Waals surface area contributed by atoms with Crippen LogP contribution in [0, 0.1) is 11.6 Å². The lowest BCUT2D eigenvalue weighted by Gasteiger charge is -2.22. The summed E-state index contributed by atoms with van der Waals surface area (Å²) in [7, 11) is 0. The molecule has 4 rings (SSSR count). The first-order chi connectivity index (χ1) is 11.2. The molecule has 3 aromatic rings. The van der Waals surface area contributed by atoms with Gasteiger partial charge in [-0.2, -0.15) is 5.10 Å². The van der Waals surface area contributed by atoms with Gasteiger partial charge in [0.05, 0.1) is 22.5 Å². The molecule has 0 saturated carbocycles. The lowest BCUT2D eigenvalue weighted by Crippen LogP contribution is -2.19. The highest BCUT2D eigenvalue weighted by Gasteiger charge is 2.33. The van der Waals surface area contributed by atoms with E-state index in [-0.39, 0.29) is 11.7 Å². The fraction of sp³-hybridized carbons (Fsp3) is 0.118. The highest BCUT2D eigenvalue weighted by atomic mass is 32.1. The Morgan fingerprint density at radius 3 is 2.78 bits per heavy atom. The zero-order valence-electron chi connectivity index (χ0n) is 11.9. The first-order valence-corrected chi connectivity index (χ1v) is 7.99. The van der Waals surface area contributed by atoms with Crippen molar-refractivity contribution in [3.05, 3.63) is 76.4 Å². The first kappa shape index (κ1) is 14.1. The van der Waals surface area contributed by atoms with Crippen LogP contribution in [0.2, 0.25) is 0 Å². The maximum absolute atomic E-state index is 14.2. The molecule has 0 unspecified atom stereocenters. The van der Waals surface area contributed by atoms with Gasteiger partial charge < -0.3 is 4.42 Å². The summed E-state index contributed by atoms with van der Waals surface area (Å²) >= 11 is 1.58. The van der Waals surface area contributed by atoms with Gasteiger partial charge in [-0.3, -0.25) is 5.01 Å². The Labute approximate surface area is 135 Å². The summed E-state index contributed by atoms with van der Waals surface area (Å²) in [5.41, 5.74) is 1.10. The number of hydrogen-bond donors (Lipinski definition) is 0. The fourth-order valence-electron chi connectivity index (χ4n) is 2.69. The van der Waals surface area contributed by atoms with E-state index < -0.39 is 11.6 Å². The standard InChI is InChI=1S/C17H12F2N2OS/c18-11-5-6-14(12(19)9-11)21-15(16-3-1-7-22-16)10-13(20-21)17-4-2-8-23-17/h1-9,15H,10H2/t15-/m1/s1. The van der Waals surface area contributed by atoms with Crippen LogP contribution < -0.4 is 5.01 Å². The summed E-state index contributed by atoms with van der Waals surface area (Å²) in [4.78, 5) is 1.03. The molecule has 1 atom stereocenters. The van der Waals surface area contributed by atoms with E-state index in [2.05, 4.69) is 5.10 Å². The topological polar surface area (TPSA) is 28.7 Å². The number of anilines is 1. The minimum Gasteiger partial charge on any atom is -0.467 e. The molecule has 6 heteroatoms. The Morgan fingerprint density at radius 1 is 1.17 bits per heavy atom. The molecule has 0 radical (unpaired) electrons. The summed E-state index contributed by atoms with van der Waals surface area (Å²) in [6, 6.07) is 10.8. The quantitative estimate of drug-likeness (QED) is 0.678. The van der Waals surface area contributed by atoms with Crippen molar-refractivity contribution in [2.75, 3.05) is 5.01 Å². The van der Waals surface area contributed by atoms with Crippen molar-refractivity contribution >= 4 is 22.7 Å². The number of furan rings is 1. The third kappa shape index (κ3) is 2.55. The highest BCUT2D eigenvalue weighted by Crippen LogP contribution is 2.38. The smallest absolute Gasteiger partial charge is 0.151 e. The molecule has 1 aromatic carbocycles. The normalized spacial score (nSPS) is 17.6. The Bertz CT molecular complexity index is 844. The number of benzene rings is 1. The average Bonchev–Trinajstić information content (AvgIpc) is 3.28. The molecule has 3 nitrogen and oxygen atoms in total. The number of halogens is 2. The summed E-state index contributed by atoms with van der Waals surface area (Å²) in [6.45, 7) is 0. The van der Waals surface area contributed by atoms with Crippen molar-refractivity contribution in [1.29, 1.82) is 0 Å². The van der Waals surface area contributed by atoms with Gasteiger partial charge in [0, 0.05) is 12.5 Å². The van der Waals surface area contributed by atoms with Crippen molar-refractivity contribution in [2.45, 2.75) is 12.5 Å². The van der Waals surface area contributed by atoms with Gasteiger partial charge >= 0.3 is 0 Å². The largest absolute Gasteiger partial charge is 0.467 e. The fourth-order valence-corrected chi connectivity index (χ4v) is 3.41. The molecule has 116 valence electrons. The van der Waals surface area contributed by atoms with Crippen LogP contribution in [-0.2, 0) is 0 Å². The minimum atomic E-state index is -0.641. The molecule has 0 spiro atoms. The lowest BCUT2D eigenvalue weighted by molar-refractivity contribution is 0.462. The van der Waals surface area contributed by atoms with E-state index in [1.165, 1.54) is 12.1 Å². The Hall–Kier alpha value is -2.47. The SMILES string of the molecule is Fc1ccc(N2N=C(c3cccs3)C[C@@H]2c2ccco2)c(F)c1. The highest BCUT2D eigenvalue weighted by molar-refractivity contribution is 7.12. The molecular formula is C17H12F2N2OS. The molecule has 0 bridgehead atoms. The van der Waals surface area contributed by atoms with Gasteiger partial charge in [0.1, 0.15) is 17.6 Å². The van der Waals surface area contributed by atoms with E-state index in [4.69, 9.17) is 4.42 Å². The molecule has 0 saturated heterocycles. The van der Waals surface area contributed by atoms with E-state index >= 15 is 0 Å². The van der Waals surface area contributed by atoms with Crippen molar-refractivity contribution in [3.63, 3.8) is 0 Å². The Balaban J connectivity index is 1.78. The summed E-state index contributed by atoms with van der Waals surface area (Å²) in [5, 5.41) is 8.11. The van der Waals surface area contributed by atoms with Crippen LogP contribution in [0.3, 0.4) is 0 Å². The second-order valence-corrected chi connectivity index (χ2v) is 6.15. The summed E-state index contributed by atoms with van der Waals surface area (Å²) in [6.07, 6.45) is 2.18. The number of thiophene rings is 1. The van der Waals surface area contributed by atoms with Crippen molar-refractivity contribution < 1.29 is 13.2 Å². The predicted molar refractivity (Wildman–Crippen MR) is 85.8 cm³/mol. The zero-order valence-corrected chi connectivity index (χ0v) is 12.8. The van der Waals surface area contributed by atoms with Crippen LogP contribution in [0.15, 0.2) is 63.6 Å². The molecule has 2 aromatic heterocycles. The minimum absolute atomic E-state index is 0.236. The molecule has 1 aliphatic rings. The van der Waals surface area contributed by atoms with Gasteiger partial charge in [-0.05, 0) is 35.7 Å². The molecule has 0 fully saturated rings. The van der Waals surface area contributed by atoms with Gasteiger partial charge in [0.25, 0.3) is 0 Å². The predicted octanol–water partition coefficient (Wildman–Crippen LogP) is 4.98. The summed E-state index contributed by atoms with van der Waals surface area (Å²) in [5.74, 6) is -0.552. The Kier molecular flexibility index (Phi) is 3.46. The van der Waals surface area contributed by atoms with Gasteiger partial charge in [-0.1, -0.05) is 6.07 Å². The van der Waals surface area contributed by atoms with Gasteiger partial charge in [-0.15, -0.1) is 11.3 Å². The van der Waals surface area contributed by atoms with Crippen molar-refractivity contribution in [2.24, 2.45) is 5.10 Å². The molecule has 0 N–H and O–H groups in total. The van der Waals surface area contributed by atoms with Crippen molar-refractivity contribution in [3.8, 4) is 0 Å². The average molecular weight is 330 g/mol. The lowest BCUT2D eigenvalue weighted by atomic mass is 10.1. The van der Waals surface area contributed by atoms with E-state index in [0.717, 1.165) is 16.7 Å². The second kappa shape index (κ2) is 5.62. The molecule has 1 aliphatic heterocycles. The van der Waals surface area contributed by atoms with Crippen molar-refractivity contribution in [1.82, 2.24) is 0 Å². The third-order valence-electron chi connectivity index (χ3n) is 3.74. The van der Waals surface area contributed by atoms with Crippen LogP contribution >= 0.6 is 11.3 Å². The van der Waals surface area contributed by atoms with E-state index in [1.807, 2.05) is 23.6 Å². The van der Waals surface area contributed by atoms with E-state index in [9.17, 15) is 8.78 Å². The van der Waals surface area contributed by atoms with Crippen LogP contribution in [0.4, 0.5) is 14.5 Å².